The number of carbonyl (C=O) groups is 3. The van der Waals surface area contributed by atoms with E-state index in [1.807, 2.05) is 0 Å². The summed E-state index contributed by atoms with van der Waals surface area (Å²) < 4.78 is 16.6. The molecule has 0 aliphatic rings. The molecule has 0 unspecified atom stereocenters. The third-order valence-corrected chi connectivity index (χ3v) is 9.36. The molecule has 0 N–H and O–H groups in total. The summed E-state index contributed by atoms with van der Waals surface area (Å²) in [5.74, 6) is -0.861. The maximum absolute atomic E-state index is 12.6. The zero-order valence-corrected chi connectivity index (χ0v) is 32.3. The van der Waals surface area contributed by atoms with Crippen LogP contribution in [0.3, 0.4) is 0 Å². The number of unbranched alkanes of at least 4 members (excludes halogenated alkanes) is 27. The van der Waals surface area contributed by atoms with Gasteiger partial charge in [0.25, 0.3) is 0 Å². The van der Waals surface area contributed by atoms with E-state index in [0.717, 1.165) is 57.8 Å². The molecular formula is C42H80O6. The van der Waals surface area contributed by atoms with E-state index in [1.165, 1.54) is 135 Å². The third kappa shape index (κ3) is 35.7. The van der Waals surface area contributed by atoms with E-state index < -0.39 is 6.10 Å². The lowest BCUT2D eigenvalue weighted by Gasteiger charge is -2.18. The van der Waals surface area contributed by atoms with Gasteiger partial charge in [-0.05, 0) is 19.3 Å². The molecular weight excluding hydrogens is 600 g/mol. The molecule has 0 aromatic carbocycles. The average Bonchev–Trinajstić information content (AvgIpc) is 3.08. The molecule has 0 rings (SSSR count). The number of esters is 3. The Morgan fingerprint density at radius 1 is 0.333 bits per heavy atom. The van der Waals surface area contributed by atoms with E-state index >= 15 is 0 Å². The lowest BCUT2D eigenvalue weighted by molar-refractivity contribution is -0.167. The number of carbonyl (C=O) groups excluding carboxylic acids is 3. The van der Waals surface area contributed by atoms with Crippen LogP contribution in [0.1, 0.15) is 233 Å². The van der Waals surface area contributed by atoms with Crippen LogP contribution in [-0.2, 0) is 28.6 Å². The highest BCUT2D eigenvalue weighted by Crippen LogP contribution is 2.15. The highest BCUT2D eigenvalue weighted by Gasteiger charge is 2.19. The molecule has 0 bridgehead atoms. The van der Waals surface area contributed by atoms with Crippen LogP contribution in [0, 0.1) is 0 Å². The van der Waals surface area contributed by atoms with Crippen molar-refractivity contribution in [2.45, 2.75) is 239 Å². The van der Waals surface area contributed by atoms with Crippen molar-refractivity contribution in [3.05, 3.63) is 0 Å². The van der Waals surface area contributed by atoms with E-state index in [2.05, 4.69) is 20.8 Å². The second kappa shape index (κ2) is 38.2. The molecule has 0 radical (unpaired) electrons. The molecule has 48 heavy (non-hydrogen) atoms. The van der Waals surface area contributed by atoms with Gasteiger partial charge in [0.05, 0.1) is 0 Å². The SMILES string of the molecule is CCCCCCCCCCCCCC(=O)OC[C@H](COC(=O)CCCCCCCCCCC)OC(=O)CCCCCCCCCCCC. The van der Waals surface area contributed by atoms with Gasteiger partial charge in [0.15, 0.2) is 6.10 Å². The molecule has 0 aromatic heterocycles. The number of ether oxygens (including phenoxy) is 3. The first-order chi connectivity index (χ1) is 23.5. The maximum atomic E-state index is 12.6. The van der Waals surface area contributed by atoms with Gasteiger partial charge in [-0.25, -0.2) is 0 Å². The Kier molecular flexibility index (Phi) is 36.9. The second-order valence-electron chi connectivity index (χ2n) is 14.3. The van der Waals surface area contributed by atoms with Crippen LogP contribution in [0.4, 0.5) is 0 Å². The van der Waals surface area contributed by atoms with E-state index in [0.29, 0.717) is 19.3 Å². The maximum Gasteiger partial charge on any atom is 0.306 e. The summed E-state index contributed by atoms with van der Waals surface area (Å²) in [7, 11) is 0. The Hall–Kier alpha value is -1.59. The molecule has 0 saturated heterocycles. The first kappa shape index (κ1) is 46.4. The molecule has 0 amide bonds. The van der Waals surface area contributed by atoms with Crippen molar-refractivity contribution < 1.29 is 28.6 Å². The van der Waals surface area contributed by atoms with Gasteiger partial charge in [0.1, 0.15) is 13.2 Å². The Morgan fingerprint density at radius 3 is 0.833 bits per heavy atom. The van der Waals surface area contributed by atoms with Gasteiger partial charge < -0.3 is 14.2 Å². The minimum atomic E-state index is -0.756. The smallest absolute Gasteiger partial charge is 0.306 e. The molecule has 1 atom stereocenters. The second-order valence-corrected chi connectivity index (χ2v) is 14.3. The van der Waals surface area contributed by atoms with Crippen molar-refractivity contribution in [2.75, 3.05) is 13.2 Å². The van der Waals surface area contributed by atoms with Gasteiger partial charge in [0, 0.05) is 19.3 Å². The zero-order valence-electron chi connectivity index (χ0n) is 32.3. The number of hydrogen-bond donors (Lipinski definition) is 0. The molecule has 0 aromatic rings. The van der Waals surface area contributed by atoms with E-state index in [4.69, 9.17) is 14.2 Å². The van der Waals surface area contributed by atoms with Gasteiger partial charge in [-0.3, -0.25) is 14.4 Å². The molecule has 0 saturated carbocycles. The fraction of sp³-hybridized carbons (Fsp3) is 0.929. The monoisotopic (exact) mass is 681 g/mol. The summed E-state index contributed by atoms with van der Waals surface area (Å²) in [4.78, 5) is 37.5. The molecule has 6 nitrogen and oxygen atoms in total. The van der Waals surface area contributed by atoms with Gasteiger partial charge in [-0.1, -0.05) is 194 Å². The molecule has 0 aliphatic carbocycles. The molecule has 0 heterocycles. The lowest BCUT2D eigenvalue weighted by atomic mass is 10.1. The third-order valence-electron chi connectivity index (χ3n) is 9.36. The van der Waals surface area contributed by atoms with Crippen molar-refractivity contribution in [1.29, 1.82) is 0 Å². The molecule has 6 heteroatoms. The van der Waals surface area contributed by atoms with Crippen LogP contribution < -0.4 is 0 Å². The topological polar surface area (TPSA) is 78.9 Å². The highest BCUT2D eigenvalue weighted by atomic mass is 16.6. The lowest BCUT2D eigenvalue weighted by Crippen LogP contribution is -2.30. The standard InChI is InChI=1S/C42H80O6/c1-4-7-10-13-16-19-21-24-26-29-32-35-41(44)47-38-39(37-46-40(43)34-31-28-25-22-18-15-12-9-6-3)48-42(45)36-33-30-27-23-20-17-14-11-8-5-2/h39H,4-38H2,1-3H3/t39-/m0/s1. The Bertz CT molecular complexity index is 708. The molecule has 0 fully saturated rings. The average molecular weight is 681 g/mol. The van der Waals surface area contributed by atoms with E-state index in [-0.39, 0.29) is 31.1 Å². The van der Waals surface area contributed by atoms with Gasteiger partial charge >= 0.3 is 17.9 Å². The minimum Gasteiger partial charge on any atom is -0.462 e. The molecule has 0 spiro atoms. The number of hydrogen-bond acceptors (Lipinski definition) is 6. The summed E-state index contributed by atoms with van der Waals surface area (Å²) in [6, 6.07) is 0. The Balaban J connectivity index is 4.33. The largest absolute Gasteiger partial charge is 0.462 e. The Labute approximate surface area is 298 Å². The summed E-state index contributed by atoms with van der Waals surface area (Å²) in [6.45, 7) is 6.60. The predicted octanol–water partition coefficient (Wildman–Crippen LogP) is 12.9. The van der Waals surface area contributed by atoms with Crippen LogP contribution >= 0.6 is 0 Å². The van der Waals surface area contributed by atoms with Crippen LogP contribution in [0.25, 0.3) is 0 Å². The Morgan fingerprint density at radius 2 is 0.562 bits per heavy atom. The van der Waals surface area contributed by atoms with Crippen LogP contribution in [-0.4, -0.2) is 37.2 Å². The molecule has 0 aliphatic heterocycles. The highest BCUT2D eigenvalue weighted by molar-refractivity contribution is 5.71. The van der Waals surface area contributed by atoms with Crippen LogP contribution in [0.5, 0.6) is 0 Å². The van der Waals surface area contributed by atoms with Gasteiger partial charge in [0.2, 0.25) is 0 Å². The summed E-state index contributed by atoms with van der Waals surface area (Å²) in [5, 5.41) is 0. The fourth-order valence-electron chi connectivity index (χ4n) is 6.15. The number of rotatable bonds is 38. The molecule has 284 valence electrons. The predicted molar refractivity (Wildman–Crippen MR) is 201 cm³/mol. The first-order valence-corrected chi connectivity index (χ1v) is 21.0. The van der Waals surface area contributed by atoms with Crippen LogP contribution in [0.15, 0.2) is 0 Å². The van der Waals surface area contributed by atoms with Gasteiger partial charge in [-0.15, -0.1) is 0 Å². The van der Waals surface area contributed by atoms with E-state index in [1.54, 1.807) is 0 Å². The van der Waals surface area contributed by atoms with Crippen molar-refractivity contribution >= 4 is 17.9 Å². The summed E-state index contributed by atoms with van der Waals surface area (Å²) in [5.41, 5.74) is 0. The van der Waals surface area contributed by atoms with Crippen molar-refractivity contribution in [1.82, 2.24) is 0 Å². The fourth-order valence-corrected chi connectivity index (χ4v) is 6.15. The van der Waals surface area contributed by atoms with Crippen LogP contribution in [0.2, 0.25) is 0 Å². The van der Waals surface area contributed by atoms with Crippen molar-refractivity contribution in [3.63, 3.8) is 0 Å². The summed E-state index contributed by atoms with van der Waals surface area (Å²) in [6.07, 6.45) is 36.5. The van der Waals surface area contributed by atoms with Gasteiger partial charge in [-0.2, -0.15) is 0 Å². The zero-order chi connectivity index (χ0) is 35.2. The van der Waals surface area contributed by atoms with Crippen molar-refractivity contribution in [2.24, 2.45) is 0 Å². The normalized spacial score (nSPS) is 11.8. The first-order valence-electron chi connectivity index (χ1n) is 21.0. The quantitative estimate of drug-likeness (QED) is 0.0367. The van der Waals surface area contributed by atoms with Crippen molar-refractivity contribution in [3.8, 4) is 0 Å². The van der Waals surface area contributed by atoms with E-state index in [9.17, 15) is 14.4 Å². The summed E-state index contributed by atoms with van der Waals surface area (Å²) >= 11 is 0. The minimum absolute atomic E-state index is 0.0635.